The van der Waals surface area contributed by atoms with Crippen LogP contribution in [-0.4, -0.2) is 49.3 Å². The number of nitrogens with one attached hydrogen (secondary N) is 1. The molecule has 1 atom stereocenters. The van der Waals surface area contributed by atoms with Gasteiger partial charge in [-0.05, 0) is 87.3 Å². The first-order chi connectivity index (χ1) is 14.3. The summed E-state index contributed by atoms with van der Waals surface area (Å²) in [7, 11) is -1.37. The Morgan fingerprint density at radius 2 is 1.90 bits per heavy atom. The Labute approximate surface area is 176 Å². The van der Waals surface area contributed by atoms with Crippen molar-refractivity contribution >= 4 is 20.9 Å². The monoisotopic (exact) mass is 427 g/mol. The smallest absolute Gasteiger partial charge is 0.243 e. The van der Waals surface area contributed by atoms with Crippen molar-refractivity contribution in [3.05, 3.63) is 54.0 Å². The molecule has 3 heterocycles. The summed E-state index contributed by atoms with van der Waals surface area (Å²) in [6.45, 7) is 4.59. The van der Waals surface area contributed by atoms with Gasteiger partial charge in [0.15, 0.2) is 0 Å². The molecule has 2 aliphatic heterocycles. The summed E-state index contributed by atoms with van der Waals surface area (Å²) in [6, 6.07) is 10.1. The Morgan fingerprint density at radius 3 is 2.67 bits per heavy atom. The van der Waals surface area contributed by atoms with E-state index in [0.29, 0.717) is 17.4 Å². The van der Waals surface area contributed by atoms with E-state index >= 15 is 0 Å². The molecular formula is C23H26FN3O2S. The van der Waals surface area contributed by atoms with Crippen LogP contribution in [0.3, 0.4) is 0 Å². The molecule has 2 aromatic carbocycles. The Hall–Kier alpha value is -2.22. The SMILES string of the molecule is CC1c2cc(-c3c[nH]c4cc(F)ccc34)ccc2S(=O)(=O)N1CC1CCN(C)CC1. The van der Waals surface area contributed by atoms with Crippen LogP contribution in [0.5, 0.6) is 0 Å². The Kier molecular flexibility index (Phi) is 4.72. The first kappa shape index (κ1) is 19.7. The number of sulfonamides is 1. The lowest BCUT2D eigenvalue weighted by molar-refractivity contribution is 0.187. The van der Waals surface area contributed by atoms with Gasteiger partial charge in [-0.25, -0.2) is 12.8 Å². The molecule has 0 spiro atoms. The van der Waals surface area contributed by atoms with Gasteiger partial charge < -0.3 is 9.88 Å². The van der Waals surface area contributed by atoms with E-state index in [1.54, 1.807) is 16.4 Å². The molecule has 1 fully saturated rings. The summed E-state index contributed by atoms with van der Waals surface area (Å²) in [5.41, 5.74) is 3.47. The predicted octanol–water partition coefficient (Wildman–Crippen LogP) is 4.38. The molecule has 0 saturated carbocycles. The highest BCUT2D eigenvalue weighted by molar-refractivity contribution is 7.89. The Bertz CT molecular complexity index is 1210. The first-order valence-electron chi connectivity index (χ1n) is 10.5. The fourth-order valence-electron chi connectivity index (χ4n) is 4.86. The van der Waals surface area contributed by atoms with Gasteiger partial charge in [0.25, 0.3) is 0 Å². The third-order valence-corrected chi connectivity index (χ3v) is 8.72. The van der Waals surface area contributed by atoms with Crippen LogP contribution in [0.1, 0.15) is 31.4 Å². The van der Waals surface area contributed by atoms with E-state index in [1.807, 2.05) is 25.3 Å². The number of nitrogens with zero attached hydrogens (tertiary/aromatic N) is 2. The summed E-state index contributed by atoms with van der Waals surface area (Å²) in [5.74, 6) is 0.116. The van der Waals surface area contributed by atoms with E-state index in [2.05, 4.69) is 16.9 Å². The van der Waals surface area contributed by atoms with Crippen LogP contribution < -0.4 is 0 Å². The Balaban J connectivity index is 1.49. The highest BCUT2D eigenvalue weighted by Crippen LogP contribution is 2.42. The number of benzene rings is 2. The van der Waals surface area contributed by atoms with Crippen LogP contribution >= 0.6 is 0 Å². The van der Waals surface area contributed by atoms with Crippen molar-refractivity contribution in [1.82, 2.24) is 14.2 Å². The van der Waals surface area contributed by atoms with Crippen LogP contribution in [0, 0.1) is 11.7 Å². The van der Waals surface area contributed by atoms with Gasteiger partial charge in [-0.2, -0.15) is 4.31 Å². The van der Waals surface area contributed by atoms with Crippen LogP contribution in [0.25, 0.3) is 22.0 Å². The second kappa shape index (κ2) is 7.18. The fraction of sp³-hybridized carbons (Fsp3) is 0.391. The maximum Gasteiger partial charge on any atom is 0.243 e. The molecule has 1 N–H and O–H groups in total. The molecule has 30 heavy (non-hydrogen) atoms. The number of hydrogen-bond donors (Lipinski definition) is 1. The zero-order valence-electron chi connectivity index (χ0n) is 17.2. The largest absolute Gasteiger partial charge is 0.360 e. The third-order valence-electron chi connectivity index (χ3n) is 6.71. The van der Waals surface area contributed by atoms with Crippen molar-refractivity contribution in [1.29, 1.82) is 0 Å². The quantitative estimate of drug-likeness (QED) is 0.675. The minimum absolute atomic E-state index is 0.188. The van der Waals surface area contributed by atoms with Crippen molar-refractivity contribution in [2.75, 3.05) is 26.7 Å². The summed E-state index contributed by atoms with van der Waals surface area (Å²) < 4.78 is 41.7. The average Bonchev–Trinajstić information content (AvgIpc) is 3.22. The van der Waals surface area contributed by atoms with Crippen LogP contribution in [-0.2, 0) is 10.0 Å². The fourth-order valence-corrected chi connectivity index (χ4v) is 6.82. The second-order valence-corrected chi connectivity index (χ2v) is 10.5. The summed E-state index contributed by atoms with van der Waals surface area (Å²) in [6.07, 6.45) is 3.92. The number of H-pyrrole nitrogens is 1. The third kappa shape index (κ3) is 3.16. The van der Waals surface area contributed by atoms with Gasteiger partial charge in [0.2, 0.25) is 10.0 Å². The number of aromatic amines is 1. The Morgan fingerprint density at radius 1 is 1.13 bits per heavy atom. The molecule has 1 unspecified atom stereocenters. The summed E-state index contributed by atoms with van der Waals surface area (Å²) in [4.78, 5) is 5.83. The molecule has 158 valence electrons. The van der Waals surface area contributed by atoms with Crippen LogP contribution in [0.15, 0.2) is 47.5 Å². The second-order valence-electron chi connectivity index (χ2n) is 8.64. The average molecular weight is 428 g/mol. The molecule has 2 aliphatic rings. The predicted molar refractivity (Wildman–Crippen MR) is 116 cm³/mol. The summed E-state index contributed by atoms with van der Waals surface area (Å²) >= 11 is 0. The van der Waals surface area contributed by atoms with Crippen molar-refractivity contribution in [3.8, 4) is 11.1 Å². The maximum absolute atomic E-state index is 13.5. The lowest BCUT2D eigenvalue weighted by atomic mass is 9.96. The highest BCUT2D eigenvalue weighted by Gasteiger charge is 2.41. The van der Waals surface area contributed by atoms with Crippen molar-refractivity contribution < 1.29 is 12.8 Å². The molecule has 3 aromatic rings. The van der Waals surface area contributed by atoms with E-state index in [1.165, 1.54) is 12.1 Å². The van der Waals surface area contributed by atoms with Gasteiger partial charge in [0, 0.05) is 35.2 Å². The van der Waals surface area contributed by atoms with Gasteiger partial charge in [-0.3, -0.25) is 0 Å². The van der Waals surface area contributed by atoms with E-state index in [9.17, 15) is 12.8 Å². The van der Waals surface area contributed by atoms with Crippen LogP contribution in [0.2, 0.25) is 0 Å². The van der Waals surface area contributed by atoms with Crippen molar-refractivity contribution in [2.45, 2.75) is 30.7 Å². The number of halogens is 1. The number of hydrogen-bond acceptors (Lipinski definition) is 3. The standard InChI is InChI=1S/C23H26FN3O2S/c1-15-20-11-17(21-13-25-22-12-18(24)4-5-19(21)22)3-6-23(20)30(28,29)27(15)14-16-7-9-26(2)10-8-16/h3-6,11-13,15-16,25H,7-10,14H2,1-2H3. The van der Waals surface area contributed by atoms with Crippen molar-refractivity contribution in [2.24, 2.45) is 5.92 Å². The zero-order valence-corrected chi connectivity index (χ0v) is 18.0. The van der Waals surface area contributed by atoms with Gasteiger partial charge in [0.1, 0.15) is 5.82 Å². The van der Waals surface area contributed by atoms with E-state index in [0.717, 1.165) is 53.5 Å². The van der Waals surface area contributed by atoms with Crippen molar-refractivity contribution in [3.63, 3.8) is 0 Å². The number of aromatic nitrogens is 1. The minimum atomic E-state index is -3.48. The van der Waals surface area contributed by atoms with Gasteiger partial charge in [0.05, 0.1) is 4.90 Å². The molecule has 0 bridgehead atoms. The molecule has 5 nitrogen and oxygen atoms in total. The van der Waals surface area contributed by atoms with Crippen LogP contribution in [0.4, 0.5) is 4.39 Å². The molecule has 0 radical (unpaired) electrons. The number of rotatable bonds is 3. The molecule has 1 saturated heterocycles. The topological polar surface area (TPSA) is 56.4 Å². The number of likely N-dealkylation sites (tertiary alicyclic amines) is 1. The molecule has 0 aliphatic carbocycles. The van der Waals surface area contributed by atoms with Gasteiger partial charge in [-0.1, -0.05) is 6.07 Å². The normalized spacial score (nSPS) is 22.6. The summed E-state index contributed by atoms with van der Waals surface area (Å²) in [5, 5.41) is 0.924. The number of piperidine rings is 1. The maximum atomic E-state index is 13.5. The molecule has 5 rings (SSSR count). The lowest BCUT2D eigenvalue weighted by Gasteiger charge is -2.32. The van der Waals surface area contributed by atoms with E-state index < -0.39 is 10.0 Å². The number of fused-ring (bicyclic) bond motifs is 2. The molecule has 1 aromatic heterocycles. The lowest BCUT2D eigenvalue weighted by Crippen LogP contribution is -2.38. The molecule has 7 heteroatoms. The van der Waals surface area contributed by atoms with E-state index in [4.69, 9.17) is 0 Å². The van der Waals surface area contributed by atoms with Gasteiger partial charge >= 0.3 is 0 Å². The van der Waals surface area contributed by atoms with E-state index in [-0.39, 0.29) is 11.9 Å². The molecule has 0 amide bonds. The highest BCUT2D eigenvalue weighted by atomic mass is 32.2. The molecular weight excluding hydrogens is 401 g/mol. The first-order valence-corrected chi connectivity index (χ1v) is 11.9. The zero-order chi connectivity index (χ0) is 21.0. The van der Waals surface area contributed by atoms with Gasteiger partial charge in [-0.15, -0.1) is 0 Å². The minimum Gasteiger partial charge on any atom is -0.360 e.